The maximum atomic E-state index is 12.0. The van der Waals surface area contributed by atoms with E-state index in [1.54, 1.807) is 0 Å². The predicted octanol–water partition coefficient (Wildman–Crippen LogP) is 2.50. The Morgan fingerprint density at radius 2 is 2.05 bits per heavy atom. The summed E-state index contributed by atoms with van der Waals surface area (Å²) < 4.78 is 40.4. The SMILES string of the molecule is COC(=O)c1nc(NCCC(F)(F)F)sc1C(C)=O. The average molecular weight is 296 g/mol. The quantitative estimate of drug-likeness (QED) is 0.668. The van der Waals surface area contributed by atoms with E-state index in [1.807, 2.05) is 0 Å². The van der Waals surface area contributed by atoms with Crippen LogP contribution in [0.3, 0.4) is 0 Å². The highest BCUT2D eigenvalue weighted by Gasteiger charge is 2.27. The summed E-state index contributed by atoms with van der Waals surface area (Å²) in [7, 11) is 1.13. The summed E-state index contributed by atoms with van der Waals surface area (Å²) in [6, 6.07) is 0. The molecule has 0 bridgehead atoms. The molecule has 0 aliphatic heterocycles. The van der Waals surface area contributed by atoms with Gasteiger partial charge in [-0.25, -0.2) is 9.78 Å². The van der Waals surface area contributed by atoms with Crippen molar-refractivity contribution in [1.29, 1.82) is 0 Å². The maximum absolute atomic E-state index is 12.0. The minimum Gasteiger partial charge on any atom is -0.464 e. The summed E-state index contributed by atoms with van der Waals surface area (Å²) in [5.74, 6) is -1.20. The van der Waals surface area contributed by atoms with E-state index in [1.165, 1.54) is 6.92 Å². The molecule has 1 heterocycles. The summed E-state index contributed by atoms with van der Waals surface area (Å²) in [5.41, 5.74) is -0.186. The molecule has 0 amide bonds. The Morgan fingerprint density at radius 1 is 1.42 bits per heavy atom. The zero-order chi connectivity index (χ0) is 14.6. The van der Waals surface area contributed by atoms with Gasteiger partial charge < -0.3 is 10.1 Å². The second-order valence-corrected chi connectivity index (χ2v) is 4.54. The van der Waals surface area contributed by atoms with E-state index in [9.17, 15) is 22.8 Å². The number of carbonyl (C=O) groups is 2. The second-order valence-electron chi connectivity index (χ2n) is 3.54. The average Bonchev–Trinajstić information content (AvgIpc) is 2.70. The summed E-state index contributed by atoms with van der Waals surface area (Å²) in [6.07, 6.45) is -5.31. The number of alkyl halides is 3. The normalized spacial score (nSPS) is 11.2. The highest BCUT2D eigenvalue weighted by atomic mass is 32.1. The van der Waals surface area contributed by atoms with Gasteiger partial charge in [-0.2, -0.15) is 13.2 Å². The zero-order valence-corrected chi connectivity index (χ0v) is 10.9. The van der Waals surface area contributed by atoms with Crippen LogP contribution in [0.4, 0.5) is 18.3 Å². The van der Waals surface area contributed by atoms with E-state index >= 15 is 0 Å². The van der Waals surface area contributed by atoms with Crippen LogP contribution in [0.1, 0.15) is 33.5 Å². The number of hydrogen-bond acceptors (Lipinski definition) is 6. The van der Waals surface area contributed by atoms with Gasteiger partial charge in [-0.3, -0.25) is 4.79 Å². The molecule has 0 aliphatic carbocycles. The lowest BCUT2D eigenvalue weighted by molar-refractivity contribution is -0.131. The third-order valence-electron chi connectivity index (χ3n) is 2.01. The van der Waals surface area contributed by atoms with Crippen LogP contribution in [-0.2, 0) is 4.74 Å². The Hall–Kier alpha value is -1.64. The molecule has 9 heteroatoms. The lowest BCUT2D eigenvalue weighted by Crippen LogP contribution is -2.14. The Morgan fingerprint density at radius 3 is 2.53 bits per heavy atom. The Bertz CT molecular complexity index is 485. The lowest BCUT2D eigenvalue weighted by atomic mass is 10.3. The van der Waals surface area contributed by atoms with Gasteiger partial charge in [0.05, 0.1) is 13.5 Å². The van der Waals surface area contributed by atoms with Gasteiger partial charge in [0, 0.05) is 13.5 Å². The molecule has 0 saturated heterocycles. The lowest BCUT2D eigenvalue weighted by Gasteiger charge is -2.05. The number of hydrogen-bond donors (Lipinski definition) is 1. The highest BCUT2D eigenvalue weighted by Crippen LogP contribution is 2.25. The van der Waals surface area contributed by atoms with Gasteiger partial charge in [-0.1, -0.05) is 11.3 Å². The van der Waals surface area contributed by atoms with Gasteiger partial charge in [0.25, 0.3) is 0 Å². The van der Waals surface area contributed by atoms with E-state index in [0.717, 1.165) is 18.4 Å². The van der Waals surface area contributed by atoms with E-state index in [-0.39, 0.29) is 22.2 Å². The van der Waals surface area contributed by atoms with Crippen molar-refractivity contribution in [2.45, 2.75) is 19.5 Å². The van der Waals surface area contributed by atoms with Crippen molar-refractivity contribution in [1.82, 2.24) is 4.98 Å². The van der Waals surface area contributed by atoms with Crippen molar-refractivity contribution < 1.29 is 27.5 Å². The van der Waals surface area contributed by atoms with Crippen LogP contribution in [-0.4, -0.2) is 36.6 Å². The number of halogens is 3. The Labute approximate surface area is 110 Å². The standard InChI is InChI=1S/C10H11F3N2O3S/c1-5(16)7-6(8(17)18-2)15-9(19-7)14-4-3-10(11,12)13/h3-4H2,1-2H3,(H,14,15). The molecule has 0 spiro atoms. The van der Waals surface area contributed by atoms with Gasteiger partial charge in [0.1, 0.15) is 4.88 Å². The largest absolute Gasteiger partial charge is 0.464 e. The molecule has 0 radical (unpaired) electrons. The molecular weight excluding hydrogens is 285 g/mol. The summed E-state index contributed by atoms with van der Waals surface area (Å²) >= 11 is 0.822. The molecular formula is C10H11F3N2O3S. The van der Waals surface area contributed by atoms with Crippen LogP contribution < -0.4 is 5.32 Å². The third kappa shape index (κ3) is 4.51. The van der Waals surface area contributed by atoms with E-state index < -0.39 is 24.3 Å². The molecule has 0 unspecified atom stereocenters. The first-order valence-corrected chi connectivity index (χ1v) is 5.97. The van der Waals surface area contributed by atoms with Crippen LogP contribution in [0.2, 0.25) is 0 Å². The van der Waals surface area contributed by atoms with Crippen LogP contribution in [0.15, 0.2) is 0 Å². The second kappa shape index (κ2) is 6.00. The van der Waals surface area contributed by atoms with Crippen molar-refractivity contribution in [2.75, 3.05) is 19.0 Å². The van der Waals surface area contributed by atoms with Gasteiger partial charge >= 0.3 is 12.1 Å². The number of aromatic nitrogens is 1. The van der Waals surface area contributed by atoms with Gasteiger partial charge in [0.15, 0.2) is 16.6 Å². The molecule has 0 saturated carbocycles. The summed E-state index contributed by atoms with van der Waals surface area (Å²) in [5, 5.41) is 2.50. The molecule has 19 heavy (non-hydrogen) atoms. The molecule has 1 N–H and O–H groups in total. The number of nitrogens with zero attached hydrogens (tertiary/aromatic N) is 1. The fraction of sp³-hybridized carbons (Fsp3) is 0.500. The first-order chi connectivity index (χ1) is 8.74. The van der Waals surface area contributed by atoms with Gasteiger partial charge in [0.2, 0.25) is 0 Å². The van der Waals surface area contributed by atoms with Gasteiger partial charge in [-0.15, -0.1) is 0 Å². The molecule has 0 aliphatic rings. The van der Waals surface area contributed by atoms with Crippen molar-refractivity contribution in [3.8, 4) is 0 Å². The number of Topliss-reactive ketones (excluding diaryl/α,β-unsaturated/α-hetero) is 1. The first-order valence-electron chi connectivity index (χ1n) is 5.15. The molecule has 106 valence electrons. The number of ether oxygens (including phenoxy) is 1. The Kier molecular flexibility index (Phi) is 4.87. The highest BCUT2D eigenvalue weighted by molar-refractivity contribution is 7.17. The van der Waals surface area contributed by atoms with Crippen molar-refractivity contribution in [2.24, 2.45) is 0 Å². The number of nitrogens with one attached hydrogen (secondary N) is 1. The topological polar surface area (TPSA) is 68.3 Å². The minimum absolute atomic E-state index is 0.0568. The zero-order valence-electron chi connectivity index (χ0n) is 10.1. The number of esters is 1. The van der Waals surface area contributed by atoms with Gasteiger partial charge in [-0.05, 0) is 0 Å². The number of ketones is 1. The summed E-state index contributed by atoms with van der Waals surface area (Å²) in [6.45, 7) is 0.856. The summed E-state index contributed by atoms with van der Waals surface area (Å²) in [4.78, 5) is 26.5. The molecule has 1 rings (SSSR count). The monoisotopic (exact) mass is 296 g/mol. The van der Waals surface area contributed by atoms with Crippen LogP contribution in [0.25, 0.3) is 0 Å². The molecule has 0 aromatic carbocycles. The van der Waals surface area contributed by atoms with E-state index in [4.69, 9.17) is 0 Å². The molecule has 5 nitrogen and oxygen atoms in total. The van der Waals surface area contributed by atoms with E-state index in [2.05, 4.69) is 15.0 Å². The number of anilines is 1. The first kappa shape index (κ1) is 15.4. The predicted molar refractivity (Wildman–Crippen MR) is 62.6 cm³/mol. The molecule has 0 atom stereocenters. The van der Waals surface area contributed by atoms with Crippen LogP contribution in [0.5, 0.6) is 0 Å². The number of methoxy groups -OCH3 is 1. The van der Waals surface area contributed by atoms with Crippen LogP contribution in [0, 0.1) is 0 Å². The fourth-order valence-electron chi connectivity index (χ4n) is 1.18. The maximum Gasteiger partial charge on any atom is 0.390 e. The van der Waals surface area contributed by atoms with Crippen molar-refractivity contribution in [3.05, 3.63) is 10.6 Å². The van der Waals surface area contributed by atoms with Crippen LogP contribution >= 0.6 is 11.3 Å². The number of thiazole rings is 1. The van der Waals surface area contributed by atoms with E-state index in [0.29, 0.717) is 0 Å². The number of carbonyl (C=O) groups excluding carboxylic acids is 2. The van der Waals surface area contributed by atoms with Crippen molar-refractivity contribution in [3.63, 3.8) is 0 Å². The third-order valence-corrected chi connectivity index (χ3v) is 3.12. The Balaban J connectivity index is 2.81. The smallest absolute Gasteiger partial charge is 0.390 e. The van der Waals surface area contributed by atoms with Crippen molar-refractivity contribution >= 4 is 28.2 Å². The molecule has 0 fully saturated rings. The molecule has 1 aromatic rings. The number of rotatable bonds is 5. The fourth-order valence-corrected chi connectivity index (χ4v) is 2.05. The molecule has 1 aromatic heterocycles. The minimum atomic E-state index is -4.28.